The molecule has 2 aromatic carbocycles. The van der Waals surface area contributed by atoms with Gasteiger partial charge in [0.25, 0.3) is 0 Å². The number of aliphatic imine (C=N–C) groups is 1. The van der Waals surface area contributed by atoms with Crippen LogP contribution in [0.25, 0.3) is 11.3 Å². The van der Waals surface area contributed by atoms with Crippen LogP contribution in [-0.4, -0.2) is 27.8 Å². The highest BCUT2D eigenvalue weighted by molar-refractivity contribution is 6.30. The first-order chi connectivity index (χ1) is 16.0. The van der Waals surface area contributed by atoms with Crippen LogP contribution in [-0.2, 0) is 0 Å². The molecule has 0 radical (unpaired) electrons. The fourth-order valence-electron chi connectivity index (χ4n) is 2.86. The zero-order chi connectivity index (χ0) is 24.9. The largest absolute Gasteiger partial charge is 0.396 e. The van der Waals surface area contributed by atoms with Crippen molar-refractivity contribution in [2.45, 2.75) is 26.3 Å². The van der Waals surface area contributed by atoms with Crippen LogP contribution in [0, 0.1) is 5.82 Å². The van der Waals surface area contributed by atoms with E-state index in [2.05, 4.69) is 25.6 Å². The number of carbonyl (C=O) groups excluding carboxylic acids is 1. The lowest BCUT2D eigenvalue weighted by atomic mass is 10.0. The van der Waals surface area contributed by atoms with Gasteiger partial charge >= 0.3 is 6.03 Å². The molecule has 0 unspecified atom stereocenters. The number of nitrogens with two attached hydrogens (primary N) is 2. The number of aromatic nitrogens is 2. The molecule has 0 atom stereocenters. The standard InChI is InChI=1S/C24H25ClFN7O/c1-24(2,3)30-13-19(21(27)20-8-9-29-22(28)33-20)14-10-16(26)12-18(11-14)32-23(34)31-17-6-4-15(25)5-7-17/h4-13H,27H2,1-3H3,(H2,28,29,33)(H2,31,32,34). The number of nitrogens with one attached hydrogen (secondary N) is 2. The highest BCUT2D eigenvalue weighted by Gasteiger charge is 2.14. The van der Waals surface area contributed by atoms with Gasteiger partial charge in [-0.05, 0) is 74.9 Å². The van der Waals surface area contributed by atoms with Crippen LogP contribution in [0.2, 0.25) is 5.02 Å². The van der Waals surface area contributed by atoms with Crippen LogP contribution in [0.15, 0.2) is 59.7 Å². The number of amides is 2. The molecule has 6 N–H and O–H groups in total. The molecule has 0 saturated carbocycles. The summed E-state index contributed by atoms with van der Waals surface area (Å²) in [6.07, 6.45) is 3.03. The topological polar surface area (TPSA) is 131 Å². The van der Waals surface area contributed by atoms with Gasteiger partial charge in [-0.15, -0.1) is 0 Å². The minimum atomic E-state index is -0.573. The second kappa shape index (κ2) is 10.3. The maximum Gasteiger partial charge on any atom is 0.323 e. The second-order valence-corrected chi connectivity index (χ2v) is 8.81. The van der Waals surface area contributed by atoms with Gasteiger partial charge in [0.2, 0.25) is 5.95 Å². The maximum atomic E-state index is 14.6. The van der Waals surface area contributed by atoms with Crippen molar-refractivity contribution in [3.63, 3.8) is 0 Å². The number of halogens is 2. The molecule has 3 aromatic rings. The summed E-state index contributed by atoms with van der Waals surface area (Å²) in [6, 6.07) is 11.7. The number of rotatable bonds is 5. The van der Waals surface area contributed by atoms with Crippen molar-refractivity contribution in [2.75, 3.05) is 16.4 Å². The Morgan fingerprint density at radius 3 is 2.41 bits per heavy atom. The molecule has 0 bridgehead atoms. The average Bonchev–Trinajstić information content (AvgIpc) is 2.74. The highest BCUT2D eigenvalue weighted by Crippen LogP contribution is 2.26. The van der Waals surface area contributed by atoms with Crippen LogP contribution in [0.5, 0.6) is 0 Å². The number of anilines is 3. The van der Waals surface area contributed by atoms with Crippen LogP contribution in [0.1, 0.15) is 32.0 Å². The lowest BCUT2D eigenvalue weighted by Crippen LogP contribution is -2.19. The Labute approximate surface area is 202 Å². The first-order valence-electron chi connectivity index (χ1n) is 10.3. The van der Waals surface area contributed by atoms with Gasteiger partial charge in [0.05, 0.1) is 16.9 Å². The summed E-state index contributed by atoms with van der Waals surface area (Å²) in [7, 11) is 0. The molecule has 0 fully saturated rings. The quantitative estimate of drug-likeness (QED) is 0.372. The van der Waals surface area contributed by atoms with E-state index in [0.717, 1.165) is 0 Å². The van der Waals surface area contributed by atoms with Crippen molar-refractivity contribution in [1.82, 2.24) is 9.97 Å². The Morgan fingerprint density at radius 2 is 1.76 bits per heavy atom. The van der Waals surface area contributed by atoms with Crippen LogP contribution < -0.4 is 22.1 Å². The molecule has 1 aromatic heterocycles. The molecule has 3 rings (SSSR count). The number of hydrogen-bond donors (Lipinski definition) is 4. The number of allylic oxidation sites excluding steroid dienone is 1. The minimum absolute atomic E-state index is 0.0491. The predicted octanol–water partition coefficient (Wildman–Crippen LogP) is 5.19. The van der Waals surface area contributed by atoms with E-state index in [1.54, 1.807) is 42.6 Å². The molecule has 10 heteroatoms. The Bertz CT molecular complexity index is 1250. The summed E-state index contributed by atoms with van der Waals surface area (Å²) >= 11 is 5.86. The van der Waals surface area contributed by atoms with Crippen LogP contribution in [0.3, 0.4) is 0 Å². The third-order valence-corrected chi connectivity index (χ3v) is 4.64. The summed E-state index contributed by atoms with van der Waals surface area (Å²) in [6.45, 7) is 5.75. The summed E-state index contributed by atoms with van der Waals surface area (Å²) in [5.41, 5.74) is 13.8. The van der Waals surface area contributed by atoms with Crippen molar-refractivity contribution in [3.05, 3.63) is 76.8 Å². The van der Waals surface area contributed by atoms with E-state index in [-0.39, 0.29) is 17.3 Å². The number of nitrogens with zero attached hydrogens (tertiary/aromatic N) is 3. The van der Waals surface area contributed by atoms with Crippen molar-refractivity contribution in [2.24, 2.45) is 10.7 Å². The second-order valence-electron chi connectivity index (χ2n) is 8.37. The average molecular weight is 482 g/mol. The SMILES string of the molecule is CC(C)(C)N=CC(=C(N)c1ccnc(N)n1)c1cc(F)cc(NC(=O)Nc2ccc(Cl)cc2)c1. The molecule has 2 amide bonds. The summed E-state index contributed by atoms with van der Waals surface area (Å²) in [5.74, 6) is -0.524. The van der Waals surface area contributed by atoms with E-state index in [1.807, 2.05) is 20.8 Å². The lowest BCUT2D eigenvalue weighted by Gasteiger charge is -2.15. The molecule has 8 nitrogen and oxygen atoms in total. The number of hydrogen-bond acceptors (Lipinski definition) is 6. The summed E-state index contributed by atoms with van der Waals surface area (Å²) in [4.78, 5) is 25.0. The summed E-state index contributed by atoms with van der Waals surface area (Å²) < 4.78 is 14.6. The minimum Gasteiger partial charge on any atom is -0.396 e. The maximum absolute atomic E-state index is 14.6. The van der Waals surface area contributed by atoms with Gasteiger partial charge in [-0.3, -0.25) is 4.99 Å². The van der Waals surface area contributed by atoms with E-state index in [1.165, 1.54) is 18.3 Å². The number of nitrogen functional groups attached to an aromatic ring is 1. The smallest absolute Gasteiger partial charge is 0.323 e. The van der Waals surface area contributed by atoms with E-state index in [0.29, 0.717) is 27.5 Å². The third-order valence-electron chi connectivity index (χ3n) is 4.39. The van der Waals surface area contributed by atoms with E-state index < -0.39 is 17.4 Å². The molecule has 1 heterocycles. The van der Waals surface area contributed by atoms with Gasteiger partial charge < -0.3 is 22.1 Å². The molecule has 0 aliphatic rings. The zero-order valence-corrected chi connectivity index (χ0v) is 19.7. The number of urea groups is 1. The van der Waals surface area contributed by atoms with Crippen molar-refractivity contribution < 1.29 is 9.18 Å². The predicted molar refractivity (Wildman–Crippen MR) is 136 cm³/mol. The van der Waals surface area contributed by atoms with E-state index in [4.69, 9.17) is 23.1 Å². The van der Waals surface area contributed by atoms with Crippen molar-refractivity contribution in [3.8, 4) is 0 Å². The molecule has 0 saturated heterocycles. The zero-order valence-electron chi connectivity index (χ0n) is 18.9. The molecule has 176 valence electrons. The fraction of sp³-hybridized carbons (Fsp3) is 0.167. The van der Waals surface area contributed by atoms with Gasteiger partial charge in [-0.2, -0.15) is 0 Å². The normalized spacial score (nSPS) is 12.4. The highest BCUT2D eigenvalue weighted by atomic mass is 35.5. The molecule has 0 spiro atoms. The number of benzene rings is 2. The van der Waals surface area contributed by atoms with Gasteiger partial charge in [0, 0.05) is 34.4 Å². The molecular weight excluding hydrogens is 457 g/mol. The molecule has 34 heavy (non-hydrogen) atoms. The monoisotopic (exact) mass is 481 g/mol. The Kier molecular flexibility index (Phi) is 7.47. The van der Waals surface area contributed by atoms with Crippen molar-refractivity contribution in [1.29, 1.82) is 0 Å². The van der Waals surface area contributed by atoms with Crippen LogP contribution >= 0.6 is 11.6 Å². The van der Waals surface area contributed by atoms with Crippen molar-refractivity contribution >= 4 is 52.4 Å². The molecule has 0 aliphatic heterocycles. The summed E-state index contributed by atoms with van der Waals surface area (Å²) in [5, 5.41) is 5.83. The van der Waals surface area contributed by atoms with Gasteiger partial charge in [-0.25, -0.2) is 19.2 Å². The fourth-order valence-corrected chi connectivity index (χ4v) is 2.99. The van der Waals surface area contributed by atoms with E-state index in [9.17, 15) is 9.18 Å². The van der Waals surface area contributed by atoms with Gasteiger partial charge in [-0.1, -0.05) is 11.6 Å². The molecule has 0 aliphatic carbocycles. The lowest BCUT2D eigenvalue weighted by molar-refractivity contribution is 0.262. The Balaban J connectivity index is 1.98. The number of carbonyl (C=O) groups is 1. The Hall–Kier alpha value is -3.98. The first-order valence-corrected chi connectivity index (χ1v) is 10.7. The Morgan fingerprint density at radius 1 is 1.09 bits per heavy atom. The molecular formula is C24H25ClFN7O. The van der Waals surface area contributed by atoms with E-state index >= 15 is 0 Å². The van der Waals surface area contributed by atoms with Gasteiger partial charge in [0.15, 0.2) is 0 Å². The van der Waals surface area contributed by atoms with Gasteiger partial charge in [0.1, 0.15) is 5.82 Å². The van der Waals surface area contributed by atoms with Crippen LogP contribution in [0.4, 0.5) is 26.5 Å². The first kappa shape index (κ1) is 24.7. The third kappa shape index (κ3) is 7.01.